The lowest BCUT2D eigenvalue weighted by Gasteiger charge is -2.50. The fourth-order valence-corrected chi connectivity index (χ4v) is 3.76. The molecule has 2 aliphatic heterocycles. The van der Waals surface area contributed by atoms with Gasteiger partial charge in [-0.2, -0.15) is 15.4 Å². The van der Waals surface area contributed by atoms with E-state index in [1.54, 1.807) is 6.92 Å². The maximum Gasteiger partial charge on any atom is 0.276 e. The quantitative estimate of drug-likeness (QED) is 0.814. The zero-order chi connectivity index (χ0) is 17.5. The topological polar surface area (TPSA) is 91.3 Å². The lowest BCUT2D eigenvalue weighted by atomic mass is 9.76. The fourth-order valence-electron chi connectivity index (χ4n) is 3.76. The summed E-state index contributed by atoms with van der Waals surface area (Å²) in [6.07, 6.45) is 2.55. The van der Waals surface area contributed by atoms with Gasteiger partial charge in [0.1, 0.15) is 0 Å². The average Bonchev–Trinajstić information content (AvgIpc) is 2.92. The smallest absolute Gasteiger partial charge is 0.276 e. The molecule has 2 fully saturated rings. The molecule has 134 valence electrons. The number of carbonyl (C=O) groups excluding carboxylic acids is 1. The van der Waals surface area contributed by atoms with Crippen LogP contribution in [0.25, 0.3) is 0 Å². The Balaban J connectivity index is 1.67. The molecular formula is C17H28N4O3. The van der Waals surface area contributed by atoms with Crippen molar-refractivity contribution in [3.63, 3.8) is 0 Å². The highest BCUT2D eigenvalue weighted by atomic mass is 16.5. The number of amides is 1. The van der Waals surface area contributed by atoms with Crippen molar-refractivity contribution < 1.29 is 14.6 Å². The van der Waals surface area contributed by atoms with Gasteiger partial charge >= 0.3 is 0 Å². The molecule has 7 heteroatoms. The average molecular weight is 336 g/mol. The van der Waals surface area contributed by atoms with Gasteiger partial charge in [0.05, 0.1) is 23.5 Å². The number of aryl methyl sites for hydroxylation is 1. The van der Waals surface area contributed by atoms with Crippen molar-refractivity contribution in [3.8, 4) is 0 Å². The summed E-state index contributed by atoms with van der Waals surface area (Å²) in [5, 5.41) is 20.7. The molecular weight excluding hydrogens is 308 g/mol. The van der Waals surface area contributed by atoms with E-state index < -0.39 is 0 Å². The van der Waals surface area contributed by atoms with Gasteiger partial charge in [0, 0.05) is 25.9 Å². The minimum absolute atomic E-state index is 0.000815. The molecule has 2 N–H and O–H groups in total. The molecule has 0 aromatic carbocycles. The van der Waals surface area contributed by atoms with Crippen LogP contribution < -0.4 is 0 Å². The van der Waals surface area contributed by atoms with E-state index in [1.165, 1.54) is 0 Å². The minimum Gasteiger partial charge on any atom is -0.393 e. The highest BCUT2D eigenvalue weighted by Gasteiger charge is 2.46. The number of rotatable bonds is 1. The van der Waals surface area contributed by atoms with Crippen molar-refractivity contribution in [2.75, 3.05) is 13.1 Å². The first kappa shape index (κ1) is 17.4. The molecule has 3 heterocycles. The molecule has 7 nitrogen and oxygen atoms in total. The van der Waals surface area contributed by atoms with Gasteiger partial charge in [-0.05, 0) is 25.2 Å². The number of aromatic nitrogens is 3. The van der Waals surface area contributed by atoms with Crippen LogP contribution in [0.2, 0.25) is 0 Å². The van der Waals surface area contributed by atoms with Crippen LogP contribution in [0, 0.1) is 12.3 Å². The van der Waals surface area contributed by atoms with Gasteiger partial charge in [-0.15, -0.1) is 0 Å². The van der Waals surface area contributed by atoms with E-state index in [2.05, 4.69) is 36.2 Å². The molecule has 2 saturated heterocycles. The van der Waals surface area contributed by atoms with Crippen molar-refractivity contribution in [3.05, 3.63) is 11.4 Å². The summed E-state index contributed by atoms with van der Waals surface area (Å²) < 4.78 is 6.46. The molecule has 0 bridgehead atoms. The van der Waals surface area contributed by atoms with Crippen molar-refractivity contribution >= 4 is 5.91 Å². The zero-order valence-electron chi connectivity index (χ0n) is 15.0. The Labute approximate surface area is 142 Å². The third-order valence-electron chi connectivity index (χ3n) is 5.34. The van der Waals surface area contributed by atoms with Crippen LogP contribution in [0.1, 0.15) is 62.6 Å². The maximum atomic E-state index is 12.6. The van der Waals surface area contributed by atoms with Crippen LogP contribution in [-0.2, 0) is 4.74 Å². The lowest BCUT2D eigenvalue weighted by Crippen LogP contribution is -2.55. The zero-order valence-corrected chi connectivity index (χ0v) is 15.0. The van der Waals surface area contributed by atoms with E-state index in [4.69, 9.17) is 4.74 Å². The SMILES string of the molecule is Cc1n[nH]nc1C(=O)N1CCC2(CC1)C[C@H](O)C[C@H](C(C)(C)C)O2. The van der Waals surface area contributed by atoms with E-state index in [0.29, 0.717) is 37.3 Å². The summed E-state index contributed by atoms with van der Waals surface area (Å²) in [5.41, 5.74) is 0.699. The second-order valence-electron chi connectivity index (χ2n) is 8.30. The Morgan fingerprint density at radius 2 is 2.00 bits per heavy atom. The third kappa shape index (κ3) is 3.32. The number of hydrogen-bond donors (Lipinski definition) is 2. The summed E-state index contributed by atoms with van der Waals surface area (Å²) in [6, 6.07) is 0. The molecule has 1 amide bonds. The molecule has 0 saturated carbocycles. The molecule has 3 rings (SSSR count). The number of aliphatic hydroxyl groups excluding tert-OH is 1. The van der Waals surface area contributed by atoms with Crippen molar-refractivity contribution in [1.82, 2.24) is 20.3 Å². The third-order valence-corrected chi connectivity index (χ3v) is 5.34. The number of aromatic amines is 1. The first-order chi connectivity index (χ1) is 11.2. The Hall–Kier alpha value is -1.47. The largest absolute Gasteiger partial charge is 0.393 e. The second kappa shape index (κ2) is 6.11. The van der Waals surface area contributed by atoms with E-state index in [1.807, 2.05) is 4.90 Å². The van der Waals surface area contributed by atoms with Crippen molar-refractivity contribution in [2.24, 2.45) is 5.41 Å². The van der Waals surface area contributed by atoms with E-state index in [9.17, 15) is 9.90 Å². The monoisotopic (exact) mass is 336 g/mol. The highest BCUT2D eigenvalue weighted by Crippen LogP contribution is 2.42. The van der Waals surface area contributed by atoms with Gasteiger partial charge in [-0.1, -0.05) is 20.8 Å². The number of ether oxygens (including phenoxy) is 1. The van der Waals surface area contributed by atoms with Gasteiger partial charge in [-0.3, -0.25) is 4.79 Å². The van der Waals surface area contributed by atoms with Gasteiger partial charge in [0.15, 0.2) is 5.69 Å². The molecule has 2 atom stereocenters. The predicted molar refractivity (Wildman–Crippen MR) is 88.6 cm³/mol. The van der Waals surface area contributed by atoms with Gasteiger partial charge in [0.25, 0.3) is 5.91 Å². The molecule has 0 unspecified atom stereocenters. The van der Waals surface area contributed by atoms with Crippen molar-refractivity contribution in [2.45, 2.75) is 71.2 Å². The van der Waals surface area contributed by atoms with Crippen LogP contribution in [0.5, 0.6) is 0 Å². The number of H-pyrrole nitrogens is 1. The van der Waals surface area contributed by atoms with Crippen LogP contribution >= 0.6 is 0 Å². The lowest BCUT2D eigenvalue weighted by molar-refractivity contribution is -0.205. The summed E-state index contributed by atoms with van der Waals surface area (Å²) in [5.74, 6) is -0.0835. The van der Waals surface area contributed by atoms with E-state index in [-0.39, 0.29) is 29.1 Å². The second-order valence-corrected chi connectivity index (χ2v) is 8.30. The number of hydrogen-bond acceptors (Lipinski definition) is 5. The first-order valence-corrected chi connectivity index (χ1v) is 8.73. The van der Waals surface area contributed by atoms with Gasteiger partial charge < -0.3 is 14.7 Å². The maximum absolute atomic E-state index is 12.6. The molecule has 0 radical (unpaired) electrons. The van der Waals surface area contributed by atoms with Crippen LogP contribution in [-0.4, -0.2) is 62.2 Å². The molecule has 1 aromatic rings. The molecule has 24 heavy (non-hydrogen) atoms. The van der Waals surface area contributed by atoms with Crippen LogP contribution in [0.4, 0.5) is 0 Å². The molecule has 0 aliphatic carbocycles. The van der Waals surface area contributed by atoms with Crippen LogP contribution in [0.15, 0.2) is 0 Å². The Kier molecular flexibility index (Phi) is 4.42. The number of likely N-dealkylation sites (tertiary alicyclic amines) is 1. The molecule has 1 aromatic heterocycles. The number of carbonyl (C=O) groups is 1. The standard InChI is InChI=1S/C17H28N4O3/c1-11-14(19-20-18-11)15(23)21-7-5-17(6-8-21)10-12(22)9-13(24-17)16(2,3)4/h12-13,22H,5-10H2,1-4H3,(H,18,19,20)/t12-,13-/m1/s1. The highest BCUT2D eigenvalue weighted by molar-refractivity contribution is 5.93. The first-order valence-electron chi connectivity index (χ1n) is 8.73. The summed E-state index contributed by atoms with van der Waals surface area (Å²) in [7, 11) is 0. The van der Waals surface area contributed by atoms with Crippen LogP contribution in [0.3, 0.4) is 0 Å². The fraction of sp³-hybridized carbons (Fsp3) is 0.824. The summed E-state index contributed by atoms with van der Waals surface area (Å²) in [4.78, 5) is 14.4. The number of piperidine rings is 1. The molecule has 1 spiro atoms. The number of nitrogens with one attached hydrogen (secondary N) is 1. The van der Waals surface area contributed by atoms with E-state index in [0.717, 1.165) is 12.8 Å². The minimum atomic E-state index is -0.331. The predicted octanol–water partition coefficient (Wildman–Crippen LogP) is 1.67. The molecule has 2 aliphatic rings. The number of nitrogens with zero attached hydrogens (tertiary/aromatic N) is 3. The van der Waals surface area contributed by atoms with Crippen molar-refractivity contribution in [1.29, 1.82) is 0 Å². The summed E-state index contributed by atoms with van der Waals surface area (Å²) >= 11 is 0. The van der Waals surface area contributed by atoms with E-state index >= 15 is 0 Å². The van der Waals surface area contributed by atoms with Gasteiger partial charge in [0.2, 0.25) is 0 Å². The Bertz CT molecular complexity index is 599. The Morgan fingerprint density at radius 1 is 1.33 bits per heavy atom. The normalized spacial score (nSPS) is 27.5. The summed E-state index contributed by atoms with van der Waals surface area (Å²) in [6.45, 7) is 9.46. The number of aliphatic hydroxyl groups is 1. The van der Waals surface area contributed by atoms with Gasteiger partial charge in [-0.25, -0.2) is 0 Å². The Morgan fingerprint density at radius 3 is 2.54 bits per heavy atom.